The van der Waals surface area contributed by atoms with Gasteiger partial charge in [-0.3, -0.25) is 4.90 Å². The number of aliphatic hydroxyl groups is 1. The van der Waals surface area contributed by atoms with E-state index in [-0.39, 0.29) is 5.41 Å². The van der Waals surface area contributed by atoms with Gasteiger partial charge in [0.25, 0.3) is 12.5 Å². The maximum absolute atomic E-state index is 4.70. The second kappa shape index (κ2) is 4.86. The maximum Gasteiger partial charge on any atom is 0.260 e. The Labute approximate surface area is 121 Å². The van der Waals surface area contributed by atoms with Gasteiger partial charge >= 0.3 is 0 Å². The average Bonchev–Trinajstić information content (AvgIpc) is 2.46. The van der Waals surface area contributed by atoms with Crippen molar-refractivity contribution in [2.24, 2.45) is 0 Å². The molecule has 1 heterocycles. The van der Waals surface area contributed by atoms with Gasteiger partial charge < -0.3 is 4.74 Å². The van der Waals surface area contributed by atoms with Gasteiger partial charge in [0.15, 0.2) is 0 Å². The number of ether oxygens (including phenoxy) is 1. The van der Waals surface area contributed by atoms with E-state index in [1.54, 1.807) is 0 Å². The van der Waals surface area contributed by atoms with Gasteiger partial charge in [0, 0.05) is 11.8 Å². The van der Waals surface area contributed by atoms with Gasteiger partial charge in [-0.15, -0.1) is 0 Å². The average molecular weight is 268 g/mol. The van der Waals surface area contributed by atoms with E-state index in [1.165, 1.54) is 16.8 Å². The summed E-state index contributed by atoms with van der Waals surface area (Å²) in [5.41, 5.74) is 4.13. The zero-order valence-electron chi connectivity index (χ0n) is 12.4. The highest BCUT2D eigenvalue weighted by Crippen LogP contribution is 2.33. The Morgan fingerprint density at radius 2 is 1.75 bits per heavy atom. The fourth-order valence-electron chi connectivity index (χ4n) is 2.56. The third kappa shape index (κ3) is 2.51. The van der Waals surface area contributed by atoms with Crippen molar-refractivity contribution in [2.45, 2.75) is 32.7 Å². The van der Waals surface area contributed by atoms with Crippen LogP contribution in [0.3, 0.4) is 0 Å². The normalized spacial score (nSPS) is 14.7. The number of para-hydroxylation sites is 1. The van der Waals surface area contributed by atoms with Gasteiger partial charge in [-0.25, -0.2) is 0 Å². The minimum atomic E-state index is 0.185. The van der Waals surface area contributed by atoms with E-state index in [4.69, 9.17) is 4.74 Å². The van der Waals surface area contributed by atoms with E-state index in [9.17, 15) is 0 Å². The molecule has 3 rings (SSSR count). The van der Waals surface area contributed by atoms with Crippen molar-refractivity contribution in [3.05, 3.63) is 59.7 Å². The Kier molecular flexibility index (Phi) is 3.17. The molecule has 0 aromatic heterocycles. The van der Waals surface area contributed by atoms with Crippen LogP contribution in [0.2, 0.25) is 0 Å². The molecule has 0 bridgehead atoms. The number of anilines is 1. The summed E-state index contributed by atoms with van der Waals surface area (Å²) in [6, 6.07) is 17.2. The maximum atomic E-state index is 4.70. The predicted molar refractivity (Wildman–Crippen MR) is 84.3 cm³/mol. The SMILES string of the molecule is CC(C)(C)c1ccc2c(c1)CN(c1ccccc1)C[OH+]2. The lowest BCUT2D eigenvalue weighted by Crippen LogP contribution is -2.30. The number of aromatic hydroxyl groups is 1. The lowest BCUT2D eigenvalue weighted by atomic mass is 9.86. The van der Waals surface area contributed by atoms with E-state index >= 15 is 0 Å². The summed E-state index contributed by atoms with van der Waals surface area (Å²) in [4.78, 5) is 2.31. The largest absolute Gasteiger partial charge is 0.567 e. The quantitative estimate of drug-likeness (QED) is 0.708. The fraction of sp³-hybridized carbons (Fsp3) is 0.333. The van der Waals surface area contributed by atoms with Crippen molar-refractivity contribution in [1.82, 2.24) is 0 Å². The summed E-state index contributed by atoms with van der Waals surface area (Å²) in [5, 5.41) is 0. The van der Waals surface area contributed by atoms with E-state index in [1.807, 2.05) is 0 Å². The molecule has 1 N–H and O–H groups in total. The van der Waals surface area contributed by atoms with Gasteiger partial charge in [-0.2, -0.15) is 0 Å². The number of benzene rings is 2. The van der Waals surface area contributed by atoms with Gasteiger partial charge in [0.05, 0.1) is 12.1 Å². The third-order valence-corrected chi connectivity index (χ3v) is 3.84. The highest BCUT2D eigenvalue weighted by Gasteiger charge is 2.24. The minimum Gasteiger partial charge on any atom is -0.567 e. The van der Waals surface area contributed by atoms with Gasteiger partial charge in [-0.05, 0) is 35.2 Å². The zero-order valence-corrected chi connectivity index (χ0v) is 12.4. The second-order valence-electron chi connectivity index (χ2n) is 6.43. The van der Waals surface area contributed by atoms with Crippen molar-refractivity contribution in [1.29, 1.82) is 0 Å². The number of hydrogen-bond donors (Lipinski definition) is 0. The minimum absolute atomic E-state index is 0.185. The van der Waals surface area contributed by atoms with Crippen LogP contribution in [0, 0.1) is 0 Å². The first-order valence-corrected chi connectivity index (χ1v) is 7.15. The number of fused-ring (bicyclic) bond motifs is 1. The third-order valence-electron chi connectivity index (χ3n) is 3.84. The van der Waals surface area contributed by atoms with E-state index in [0.717, 1.165) is 19.0 Å². The van der Waals surface area contributed by atoms with Crippen LogP contribution in [0.25, 0.3) is 0 Å². The first kappa shape index (κ1) is 13.0. The molecular formula is C18H22NO+. The molecule has 0 saturated heterocycles. The smallest absolute Gasteiger partial charge is 0.260 e. The summed E-state index contributed by atoms with van der Waals surface area (Å²) in [5.74, 6) is 1.14. The summed E-state index contributed by atoms with van der Waals surface area (Å²) in [6.45, 7) is 8.44. The lowest BCUT2D eigenvalue weighted by molar-refractivity contribution is 0.0543. The topological polar surface area (TPSA) is 16.0 Å². The van der Waals surface area contributed by atoms with Crippen molar-refractivity contribution in [3.63, 3.8) is 0 Å². The van der Waals surface area contributed by atoms with Crippen LogP contribution in [-0.2, 0) is 12.0 Å². The molecule has 1 aliphatic heterocycles. The Morgan fingerprint density at radius 1 is 1.00 bits per heavy atom. The highest BCUT2D eigenvalue weighted by molar-refractivity contribution is 5.50. The number of rotatable bonds is 1. The molecule has 2 aromatic carbocycles. The van der Waals surface area contributed by atoms with Crippen LogP contribution < -0.4 is 4.90 Å². The summed E-state index contributed by atoms with van der Waals surface area (Å²) in [7, 11) is 0. The number of nitrogens with zero attached hydrogens (tertiary/aromatic N) is 1. The summed E-state index contributed by atoms with van der Waals surface area (Å²) >= 11 is 0. The Hall–Kier alpha value is -1.96. The lowest BCUT2D eigenvalue weighted by Gasteiger charge is -2.29. The van der Waals surface area contributed by atoms with Crippen LogP contribution in [0.15, 0.2) is 48.5 Å². The van der Waals surface area contributed by atoms with Crippen molar-refractivity contribution in [3.8, 4) is 5.75 Å². The molecule has 0 atom stereocenters. The molecule has 0 saturated carbocycles. The standard InChI is InChI=1S/C18H21NO/c1-18(2,3)15-9-10-17-14(11-15)12-19(13-20-17)16-7-5-4-6-8-16/h4-11H,12-13H2,1-3H3/p+1. The zero-order chi connectivity index (χ0) is 14.2. The molecule has 20 heavy (non-hydrogen) atoms. The summed E-state index contributed by atoms with van der Waals surface area (Å²) < 4.78 is 4.70. The Balaban J connectivity index is 1.90. The van der Waals surface area contributed by atoms with E-state index < -0.39 is 0 Å². The molecule has 0 amide bonds. The molecule has 2 aromatic rings. The molecule has 104 valence electrons. The van der Waals surface area contributed by atoms with Crippen molar-refractivity contribution in [2.75, 3.05) is 11.6 Å². The summed E-state index contributed by atoms with van der Waals surface area (Å²) in [6.07, 6.45) is 0. The second-order valence-corrected chi connectivity index (χ2v) is 6.43. The molecular weight excluding hydrogens is 246 g/mol. The first-order valence-electron chi connectivity index (χ1n) is 7.15. The van der Waals surface area contributed by atoms with Crippen LogP contribution in [0.4, 0.5) is 5.69 Å². The monoisotopic (exact) mass is 268 g/mol. The van der Waals surface area contributed by atoms with Crippen molar-refractivity contribution < 1.29 is 4.74 Å². The van der Waals surface area contributed by atoms with Crippen LogP contribution >= 0.6 is 0 Å². The van der Waals surface area contributed by atoms with Crippen LogP contribution in [0.5, 0.6) is 5.75 Å². The van der Waals surface area contributed by atoms with Crippen LogP contribution in [0.1, 0.15) is 31.9 Å². The molecule has 1 aliphatic rings. The predicted octanol–water partition coefficient (Wildman–Crippen LogP) is 4.20. The van der Waals surface area contributed by atoms with Crippen molar-refractivity contribution >= 4 is 5.69 Å². The Morgan fingerprint density at radius 3 is 2.45 bits per heavy atom. The first-order chi connectivity index (χ1) is 9.54. The van der Waals surface area contributed by atoms with Gasteiger partial charge in [0.2, 0.25) is 0 Å². The van der Waals surface area contributed by atoms with Gasteiger partial charge in [-0.1, -0.05) is 39.0 Å². The fourth-order valence-corrected chi connectivity index (χ4v) is 2.56. The van der Waals surface area contributed by atoms with E-state index in [0.29, 0.717) is 0 Å². The molecule has 0 fully saturated rings. The Bertz CT molecular complexity index is 599. The van der Waals surface area contributed by atoms with E-state index in [2.05, 4.69) is 74.2 Å². The molecule has 2 nitrogen and oxygen atoms in total. The van der Waals surface area contributed by atoms with Gasteiger partial charge in [0.1, 0.15) is 0 Å². The molecule has 0 unspecified atom stereocenters. The highest BCUT2D eigenvalue weighted by atomic mass is 16.5. The van der Waals surface area contributed by atoms with Crippen LogP contribution in [-0.4, -0.2) is 11.5 Å². The molecule has 0 spiro atoms. The molecule has 2 heteroatoms. The molecule has 0 aliphatic carbocycles. The number of hydrogen-bond acceptors (Lipinski definition) is 1. The molecule has 0 radical (unpaired) electrons.